The molecule has 0 spiro atoms. The monoisotopic (exact) mass is 275 g/mol. The second-order valence-corrected chi connectivity index (χ2v) is 5.40. The van der Waals surface area contributed by atoms with Gasteiger partial charge in [0, 0.05) is 23.1 Å². The number of fused-ring (bicyclic) bond motifs is 3. The van der Waals surface area contributed by atoms with E-state index in [9.17, 15) is 9.90 Å². The van der Waals surface area contributed by atoms with Crippen molar-refractivity contribution in [1.29, 1.82) is 0 Å². The van der Waals surface area contributed by atoms with Crippen LogP contribution >= 0.6 is 0 Å². The molecule has 2 unspecified atom stereocenters. The lowest BCUT2D eigenvalue weighted by molar-refractivity contribution is -0.143. The zero-order valence-electron chi connectivity index (χ0n) is 11.4. The molecular weight excluding hydrogens is 258 g/mol. The third-order valence-electron chi connectivity index (χ3n) is 4.00. The van der Waals surface area contributed by atoms with Crippen molar-refractivity contribution in [2.45, 2.75) is 25.9 Å². The average molecular weight is 275 g/mol. The second-order valence-electron chi connectivity index (χ2n) is 5.40. The predicted molar refractivity (Wildman–Crippen MR) is 74.0 cm³/mol. The van der Waals surface area contributed by atoms with Gasteiger partial charge in [0.15, 0.2) is 0 Å². The number of aliphatic carboxylic acids is 1. The average Bonchev–Trinajstić information content (AvgIpc) is 2.76. The molecule has 2 aromatic rings. The number of rotatable bonds is 2. The van der Waals surface area contributed by atoms with Crippen molar-refractivity contribution in [2.75, 3.05) is 7.11 Å². The summed E-state index contributed by atoms with van der Waals surface area (Å²) < 4.78 is 5.37. The molecule has 3 N–H and O–H groups in total. The number of nitrogens with one attached hydrogen (secondary N) is 1. The molecule has 0 saturated heterocycles. The van der Waals surface area contributed by atoms with Gasteiger partial charge in [-0.25, -0.2) is 0 Å². The van der Waals surface area contributed by atoms with Gasteiger partial charge in [-0.15, -0.1) is 0 Å². The zero-order chi connectivity index (χ0) is 14.4. The summed E-state index contributed by atoms with van der Waals surface area (Å²) in [5.74, 6) is -0.692. The topological polar surface area (TPSA) is 82.6 Å². The predicted octanol–water partition coefficient (Wildman–Crippen LogP) is 2.17. The van der Waals surface area contributed by atoms with Crippen molar-refractivity contribution in [3.05, 3.63) is 29.0 Å². The molecule has 0 aliphatic heterocycles. The Morgan fingerprint density at radius 3 is 2.85 bits per heavy atom. The maximum Gasteiger partial charge on any atom is 0.306 e. The van der Waals surface area contributed by atoms with Gasteiger partial charge in [-0.2, -0.15) is 0 Å². The molecule has 0 fully saturated rings. The molecule has 20 heavy (non-hydrogen) atoms. The minimum Gasteiger partial charge on any atom is -0.495 e. The Bertz CT molecular complexity index is 689. The number of hydrogen-bond acceptors (Lipinski definition) is 3. The fraction of sp³-hybridized carbons (Fsp3) is 0.400. The number of aliphatic hydroxyl groups is 1. The van der Waals surface area contributed by atoms with Crippen LogP contribution in [0.15, 0.2) is 12.1 Å². The van der Waals surface area contributed by atoms with Crippen LogP contribution in [-0.2, 0) is 11.2 Å². The van der Waals surface area contributed by atoms with Crippen LogP contribution in [0.25, 0.3) is 10.9 Å². The summed E-state index contributed by atoms with van der Waals surface area (Å²) in [5, 5.41) is 20.4. The standard InChI is InChI=1S/C15H17NO4/c1-7-3-9-13-10(16-14(9)12(4-7)20-2)5-8(15(18)19)6-11(13)17/h3-4,8,11,16-17H,5-6H2,1-2H3,(H,18,19). The van der Waals surface area contributed by atoms with Gasteiger partial charge in [0.05, 0.1) is 24.6 Å². The van der Waals surface area contributed by atoms with E-state index in [2.05, 4.69) is 4.98 Å². The van der Waals surface area contributed by atoms with Crippen LogP contribution in [0.1, 0.15) is 29.3 Å². The van der Waals surface area contributed by atoms with E-state index in [4.69, 9.17) is 9.84 Å². The van der Waals surface area contributed by atoms with Crippen molar-refractivity contribution >= 4 is 16.9 Å². The minimum absolute atomic E-state index is 0.256. The van der Waals surface area contributed by atoms with Crippen LogP contribution in [0.3, 0.4) is 0 Å². The first-order chi connectivity index (χ1) is 9.51. The van der Waals surface area contributed by atoms with E-state index >= 15 is 0 Å². The number of carboxylic acid groups (broad SMARTS) is 1. The number of aryl methyl sites for hydroxylation is 1. The summed E-state index contributed by atoms with van der Waals surface area (Å²) >= 11 is 0. The Morgan fingerprint density at radius 1 is 1.45 bits per heavy atom. The molecular formula is C15H17NO4. The smallest absolute Gasteiger partial charge is 0.306 e. The van der Waals surface area contributed by atoms with Crippen LogP contribution in [-0.4, -0.2) is 28.3 Å². The number of ether oxygens (including phenoxy) is 1. The second kappa shape index (κ2) is 4.52. The molecule has 5 heteroatoms. The molecule has 0 bridgehead atoms. The van der Waals surface area contributed by atoms with E-state index in [0.29, 0.717) is 12.2 Å². The van der Waals surface area contributed by atoms with Crippen LogP contribution in [0.5, 0.6) is 5.75 Å². The number of benzene rings is 1. The van der Waals surface area contributed by atoms with Crippen molar-refractivity contribution < 1.29 is 19.7 Å². The highest BCUT2D eigenvalue weighted by molar-refractivity contribution is 5.91. The minimum atomic E-state index is -0.864. The molecule has 1 aromatic heterocycles. The normalized spacial score (nSPS) is 21.8. The van der Waals surface area contributed by atoms with Crippen LogP contribution < -0.4 is 4.74 Å². The summed E-state index contributed by atoms with van der Waals surface area (Å²) in [6.07, 6.45) is -0.0791. The lowest BCUT2D eigenvalue weighted by atomic mass is 9.84. The fourth-order valence-electron chi connectivity index (χ4n) is 3.08. The van der Waals surface area contributed by atoms with E-state index in [1.165, 1.54) is 0 Å². The van der Waals surface area contributed by atoms with Crippen molar-refractivity contribution in [2.24, 2.45) is 5.92 Å². The van der Waals surface area contributed by atoms with Crippen molar-refractivity contribution in [3.8, 4) is 5.75 Å². The summed E-state index contributed by atoms with van der Waals surface area (Å²) in [5.41, 5.74) is 3.49. The van der Waals surface area contributed by atoms with Crippen LogP contribution in [0.4, 0.5) is 0 Å². The summed E-state index contributed by atoms with van der Waals surface area (Å²) in [6, 6.07) is 3.92. The van der Waals surface area contributed by atoms with Gasteiger partial charge in [0.25, 0.3) is 0 Å². The SMILES string of the molecule is COc1cc(C)cc2c3c([nH]c12)CC(C(=O)O)CC3O. The first-order valence-corrected chi connectivity index (χ1v) is 6.61. The van der Waals surface area contributed by atoms with Gasteiger partial charge in [0.2, 0.25) is 0 Å². The number of carboxylic acids is 1. The van der Waals surface area contributed by atoms with Crippen molar-refractivity contribution in [1.82, 2.24) is 4.98 Å². The molecule has 0 radical (unpaired) electrons. The Labute approximate surface area is 116 Å². The number of aromatic amines is 1. The van der Waals surface area contributed by atoms with Crippen LogP contribution in [0, 0.1) is 12.8 Å². The molecule has 2 atom stereocenters. The molecule has 3 rings (SSSR count). The third kappa shape index (κ3) is 1.86. The molecule has 1 heterocycles. The number of hydrogen-bond donors (Lipinski definition) is 3. The fourth-order valence-corrected chi connectivity index (χ4v) is 3.08. The van der Waals surface area contributed by atoms with E-state index < -0.39 is 18.0 Å². The highest BCUT2D eigenvalue weighted by Crippen LogP contribution is 2.41. The van der Waals surface area contributed by atoms with E-state index in [-0.39, 0.29) is 6.42 Å². The zero-order valence-corrected chi connectivity index (χ0v) is 11.4. The molecule has 1 aliphatic carbocycles. The van der Waals surface area contributed by atoms with Gasteiger partial charge in [-0.05, 0) is 31.0 Å². The number of aromatic nitrogens is 1. The maximum atomic E-state index is 11.2. The summed E-state index contributed by atoms with van der Waals surface area (Å²) in [4.78, 5) is 14.4. The van der Waals surface area contributed by atoms with Gasteiger partial charge >= 0.3 is 5.97 Å². The van der Waals surface area contributed by atoms with E-state index in [1.54, 1.807) is 7.11 Å². The lowest BCUT2D eigenvalue weighted by Gasteiger charge is -2.23. The number of carbonyl (C=O) groups is 1. The Balaban J connectivity index is 2.21. The van der Waals surface area contributed by atoms with Gasteiger partial charge < -0.3 is 19.9 Å². The highest BCUT2D eigenvalue weighted by Gasteiger charge is 2.33. The van der Waals surface area contributed by atoms with Gasteiger partial charge in [-0.1, -0.05) is 0 Å². The van der Waals surface area contributed by atoms with Gasteiger partial charge in [-0.3, -0.25) is 4.79 Å². The van der Waals surface area contributed by atoms with Crippen LogP contribution in [0.2, 0.25) is 0 Å². The Hall–Kier alpha value is -2.01. The maximum absolute atomic E-state index is 11.2. The molecule has 0 amide bonds. The molecule has 1 aromatic carbocycles. The molecule has 5 nitrogen and oxygen atoms in total. The first kappa shape index (κ1) is 13.0. The summed E-state index contributed by atoms with van der Waals surface area (Å²) in [6.45, 7) is 1.97. The van der Waals surface area contributed by atoms with E-state index in [0.717, 1.165) is 27.7 Å². The number of aliphatic hydroxyl groups excluding tert-OH is 1. The number of methoxy groups -OCH3 is 1. The quantitative estimate of drug-likeness (QED) is 0.784. The number of H-pyrrole nitrogens is 1. The molecule has 1 aliphatic rings. The lowest BCUT2D eigenvalue weighted by Crippen LogP contribution is -2.24. The van der Waals surface area contributed by atoms with Gasteiger partial charge in [0.1, 0.15) is 5.75 Å². The molecule has 106 valence electrons. The Kier molecular flexibility index (Phi) is 2.94. The first-order valence-electron chi connectivity index (χ1n) is 6.61. The largest absolute Gasteiger partial charge is 0.495 e. The third-order valence-corrected chi connectivity index (χ3v) is 4.00. The summed E-state index contributed by atoms with van der Waals surface area (Å²) in [7, 11) is 1.60. The van der Waals surface area contributed by atoms with E-state index in [1.807, 2.05) is 19.1 Å². The Morgan fingerprint density at radius 2 is 2.20 bits per heavy atom. The highest BCUT2D eigenvalue weighted by atomic mass is 16.5. The molecule has 0 saturated carbocycles. The van der Waals surface area contributed by atoms with Crippen molar-refractivity contribution in [3.63, 3.8) is 0 Å².